The Morgan fingerprint density at radius 2 is 2.10 bits per heavy atom. The molecule has 1 aliphatic carbocycles. The van der Waals surface area contributed by atoms with Crippen LogP contribution in [-0.4, -0.2) is 48.8 Å². The molecule has 3 nitrogen and oxygen atoms in total. The van der Waals surface area contributed by atoms with Crippen molar-refractivity contribution < 1.29 is 5.11 Å². The number of likely N-dealkylation sites (tertiary alicyclic amines) is 1. The molecule has 0 aromatic heterocycles. The van der Waals surface area contributed by atoms with Crippen molar-refractivity contribution >= 4 is 0 Å². The molecule has 1 heterocycles. The molecule has 3 heteroatoms. The summed E-state index contributed by atoms with van der Waals surface area (Å²) in [7, 11) is 0. The fourth-order valence-electron chi connectivity index (χ4n) is 4.56. The first-order chi connectivity index (χ1) is 10.2. The zero-order chi connectivity index (χ0) is 15.1. The molecule has 0 aromatic carbocycles. The number of nitrogens with zero attached hydrogens (tertiary/aromatic N) is 1. The van der Waals surface area contributed by atoms with E-state index in [9.17, 15) is 5.11 Å². The van der Waals surface area contributed by atoms with Crippen molar-refractivity contribution in [2.45, 2.75) is 71.3 Å². The summed E-state index contributed by atoms with van der Waals surface area (Å²) in [4.78, 5) is 2.61. The van der Waals surface area contributed by atoms with Gasteiger partial charge in [-0.15, -0.1) is 0 Å². The van der Waals surface area contributed by atoms with Crippen molar-refractivity contribution in [2.24, 2.45) is 11.3 Å². The smallest absolute Gasteiger partial charge is 0.0586 e. The highest BCUT2D eigenvalue weighted by Gasteiger charge is 2.38. The SMILES string of the molecule is CCCNCC1(CN2CCCCC2CO)CCCC(C)C1. The highest BCUT2D eigenvalue weighted by atomic mass is 16.3. The maximum absolute atomic E-state index is 9.68. The molecule has 1 aliphatic heterocycles. The first-order valence-corrected chi connectivity index (χ1v) is 9.25. The van der Waals surface area contributed by atoms with E-state index in [2.05, 4.69) is 24.1 Å². The summed E-state index contributed by atoms with van der Waals surface area (Å²) >= 11 is 0. The van der Waals surface area contributed by atoms with E-state index in [1.54, 1.807) is 0 Å². The Kier molecular flexibility index (Phi) is 6.97. The van der Waals surface area contributed by atoms with Gasteiger partial charge in [-0.25, -0.2) is 0 Å². The molecule has 0 amide bonds. The Balaban J connectivity index is 1.99. The Labute approximate surface area is 131 Å². The zero-order valence-electron chi connectivity index (χ0n) is 14.2. The van der Waals surface area contributed by atoms with Crippen LogP contribution in [0.15, 0.2) is 0 Å². The summed E-state index contributed by atoms with van der Waals surface area (Å²) in [5.74, 6) is 0.861. The minimum Gasteiger partial charge on any atom is -0.395 e. The number of nitrogens with one attached hydrogen (secondary N) is 1. The molecule has 2 aliphatic rings. The summed E-state index contributed by atoms with van der Waals surface area (Å²) in [6.45, 7) is 9.70. The molecular formula is C18H36N2O. The number of hydrogen-bond acceptors (Lipinski definition) is 3. The van der Waals surface area contributed by atoms with E-state index >= 15 is 0 Å². The third-order valence-corrected chi connectivity index (χ3v) is 5.61. The lowest BCUT2D eigenvalue weighted by Gasteiger charge is -2.46. The number of rotatable bonds is 7. The average Bonchev–Trinajstić information content (AvgIpc) is 2.48. The van der Waals surface area contributed by atoms with Gasteiger partial charge >= 0.3 is 0 Å². The van der Waals surface area contributed by atoms with E-state index < -0.39 is 0 Å². The molecule has 0 radical (unpaired) electrons. The van der Waals surface area contributed by atoms with E-state index in [-0.39, 0.29) is 0 Å². The lowest BCUT2D eigenvalue weighted by molar-refractivity contribution is 0.0218. The topological polar surface area (TPSA) is 35.5 Å². The van der Waals surface area contributed by atoms with Crippen molar-refractivity contribution in [2.75, 3.05) is 32.8 Å². The van der Waals surface area contributed by atoms with Crippen LogP contribution in [0.3, 0.4) is 0 Å². The molecule has 21 heavy (non-hydrogen) atoms. The van der Waals surface area contributed by atoms with Gasteiger partial charge in [0.25, 0.3) is 0 Å². The molecule has 1 saturated carbocycles. The Morgan fingerprint density at radius 1 is 1.24 bits per heavy atom. The molecule has 3 atom stereocenters. The molecule has 0 bridgehead atoms. The normalized spacial score (nSPS) is 35.0. The second-order valence-corrected chi connectivity index (χ2v) is 7.68. The lowest BCUT2D eigenvalue weighted by atomic mass is 9.69. The molecule has 1 saturated heterocycles. The van der Waals surface area contributed by atoms with Crippen LogP contribution in [0.2, 0.25) is 0 Å². The third-order valence-electron chi connectivity index (χ3n) is 5.61. The first-order valence-electron chi connectivity index (χ1n) is 9.25. The summed E-state index contributed by atoms with van der Waals surface area (Å²) < 4.78 is 0. The summed E-state index contributed by atoms with van der Waals surface area (Å²) in [6.07, 6.45) is 10.5. The minimum absolute atomic E-state index is 0.341. The molecule has 2 rings (SSSR count). The molecule has 2 fully saturated rings. The van der Waals surface area contributed by atoms with E-state index in [1.165, 1.54) is 71.0 Å². The first kappa shape index (κ1) is 17.2. The maximum Gasteiger partial charge on any atom is 0.0586 e. The Bertz CT molecular complexity index is 297. The molecule has 0 aromatic rings. The van der Waals surface area contributed by atoms with Gasteiger partial charge in [0.1, 0.15) is 0 Å². The predicted octanol–water partition coefficient (Wildman–Crippen LogP) is 3.03. The van der Waals surface area contributed by atoms with Crippen LogP contribution < -0.4 is 5.32 Å². The van der Waals surface area contributed by atoms with Crippen LogP contribution in [0, 0.1) is 11.3 Å². The van der Waals surface area contributed by atoms with Crippen molar-refractivity contribution in [3.8, 4) is 0 Å². The monoisotopic (exact) mass is 296 g/mol. The molecule has 0 spiro atoms. The van der Waals surface area contributed by atoms with Crippen molar-refractivity contribution in [3.63, 3.8) is 0 Å². The van der Waals surface area contributed by atoms with Gasteiger partial charge in [-0.05, 0) is 56.5 Å². The van der Waals surface area contributed by atoms with Crippen LogP contribution >= 0.6 is 0 Å². The van der Waals surface area contributed by atoms with Crippen LogP contribution in [0.5, 0.6) is 0 Å². The fourth-order valence-corrected chi connectivity index (χ4v) is 4.56. The second-order valence-electron chi connectivity index (χ2n) is 7.68. The van der Waals surface area contributed by atoms with Crippen molar-refractivity contribution in [1.29, 1.82) is 0 Å². The van der Waals surface area contributed by atoms with Gasteiger partial charge in [-0.1, -0.05) is 33.1 Å². The number of hydrogen-bond donors (Lipinski definition) is 2. The number of aliphatic hydroxyl groups is 1. The average molecular weight is 296 g/mol. The van der Waals surface area contributed by atoms with Crippen molar-refractivity contribution in [1.82, 2.24) is 10.2 Å². The minimum atomic E-state index is 0.341. The molecule has 2 N–H and O–H groups in total. The van der Waals surface area contributed by atoms with Crippen LogP contribution in [0.25, 0.3) is 0 Å². The van der Waals surface area contributed by atoms with Gasteiger partial charge < -0.3 is 10.4 Å². The van der Waals surface area contributed by atoms with E-state index in [1.807, 2.05) is 0 Å². The molecule has 124 valence electrons. The third kappa shape index (κ3) is 4.94. The van der Waals surface area contributed by atoms with E-state index in [0.29, 0.717) is 18.1 Å². The van der Waals surface area contributed by atoms with Crippen molar-refractivity contribution in [3.05, 3.63) is 0 Å². The molecule has 3 unspecified atom stereocenters. The van der Waals surface area contributed by atoms with Gasteiger partial charge in [-0.2, -0.15) is 0 Å². The lowest BCUT2D eigenvalue weighted by Crippen LogP contribution is -2.52. The van der Waals surface area contributed by atoms with Gasteiger partial charge in [0.05, 0.1) is 6.61 Å². The highest BCUT2D eigenvalue weighted by Crippen LogP contribution is 2.40. The van der Waals surface area contributed by atoms with Crippen LogP contribution in [0.1, 0.15) is 65.2 Å². The van der Waals surface area contributed by atoms with Crippen LogP contribution in [-0.2, 0) is 0 Å². The summed E-state index contributed by atoms with van der Waals surface area (Å²) in [5.41, 5.74) is 0.442. The van der Waals surface area contributed by atoms with Gasteiger partial charge in [0.2, 0.25) is 0 Å². The summed E-state index contributed by atoms with van der Waals surface area (Å²) in [5, 5.41) is 13.4. The second kappa shape index (κ2) is 8.50. The number of aliphatic hydroxyl groups excluding tert-OH is 1. The maximum atomic E-state index is 9.68. The van der Waals surface area contributed by atoms with Crippen LogP contribution in [0.4, 0.5) is 0 Å². The highest BCUT2D eigenvalue weighted by molar-refractivity contribution is 4.92. The van der Waals surface area contributed by atoms with Gasteiger partial charge in [0, 0.05) is 19.1 Å². The standard InChI is InChI=1S/C18H36N2O/c1-3-10-19-14-18(9-6-7-16(2)12-18)15-20-11-5-4-8-17(20)13-21/h16-17,19,21H,3-15H2,1-2H3. The zero-order valence-corrected chi connectivity index (χ0v) is 14.2. The van der Waals surface area contributed by atoms with E-state index in [0.717, 1.165) is 12.5 Å². The fraction of sp³-hybridized carbons (Fsp3) is 1.00. The Hall–Kier alpha value is -0.120. The Morgan fingerprint density at radius 3 is 2.81 bits per heavy atom. The number of piperidine rings is 1. The summed E-state index contributed by atoms with van der Waals surface area (Å²) in [6, 6.07) is 0.416. The van der Waals surface area contributed by atoms with Gasteiger partial charge in [-0.3, -0.25) is 4.90 Å². The quantitative estimate of drug-likeness (QED) is 0.709. The van der Waals surface area contributed by atoms with Gasteiger partial charge in [0.15, 0.2) is 0 Å². The van der Waals surface area contributed by atoms with E-state index in [4.69, 9.17) is 0 Å². The largest absolute Gasteiger partial charge is 0.395 e. The predicted molar refractivity (Wildman–Crippen MR) is 89.5 cm³/mol. The molecular weight excluding hydrogens is 260 g/mol.